The summed E-state index contributed by atoms with van der Waals surface area (Å²) in [4.78, 5) is 15.8. The Hall–Kier alpha value is -1.59. The first kappa shape index (κ1) is 15.9. The van der Waals surface area contributed by atoms with Crippen molar-refractivity contribution in [2.45, 2.75) is 32.1 Å². The molecule has 2 saturated heterocycles. The lowest BCUT2D eigenvalue weighted by Crippen LogP contribution is -2.46. The Morgan fingerprint density at radius 3 is 3.04 bits per heavy atom. The summed E-state index contributed by atoms with van der Waals surface area (Å²) in [6, 6.07) is 8.06. The molecular formula is C19H23NO3S. The Morgan fingerprint density at radius 1 is 1.29 bits per heavy atom. The number of thiophene rings is 1. The van der Waals surface area contributed by atoms with E-state index in [0.717, 1.165) is 55.5 Å². The molecule has 1 spiro atoms. The number of carbonyl (C=O) groups is 1. The number of piperidine rings is 1. The van der Waals surface area contributed by atoms with Crippen LogP contribution in [0.1, 0.15) is 31.4 Å². The van der Waals surface area contributed by atoms with E-state index in [9.17, 15) is 4.79 Å². The van der Waals surface area contributed by atoms with Crippen LogP contribution in [0.5, 0.6) is 0 Å². The fourth-order valence-electron chi connectivity index (χ4n) is 3.84. The third-order valence-corrected chi connectivity index (χ3v) is 6.09. The number of hydrogen-bond donors (Lipinski definition) is 0. The van der Waals surface area contributed by atoms with Crippen molar-refractivity contribution in [3.63, 3.8) is 0 Å². The lowest BCUT2D eigenvalue weighted by atomic mass is 9.79. The van der Waals surface area contributed by atoms with Gasteiger partial charge in [0.05, 0.1) is 11.5 Å². The summed E-state index contributed by atoms with van der Waals surface area (Å²) in [6.07, 6.45) is 4.58. The molecule has 2 aromatic rings. The third-order valence-electron chi connectivity index (χ3n) is 5.21. The molecule has 1 atom stereocenters. The van der Waals surface area contributed by atoms with Crippen molar-refractivity contribution >= 4 is 17.2 Å². The zero-order valence-electron chi connectivity index (χ0n) is 13.8. The molecule has 0 unspecified atom stereocenters. The summed E-state index contributed by atoms with van der Waals surface area (Å²) < 4.78 is 11.5. The minimum Gasteiger partial charge on any atom is -0.460 e. The van der Waals surface area contributed by atoms with E-state index in [1.807, 2.05) is 28.5 Å². The zero-order valence-corrected chi connectivity index (χ0v) is 14.6. The minimum atomic E-state index is 0.227. The van der Waals surface area contributed by atoms with Gasteiger partial charge in [0.1, 0.15) is 11.5 Å². The largest absolute Gasteiger partial charge is 0.460 e. The van der Waals surface area contributed by atoms with Gasteiger partial charge in [0.25, 0.3) is 0 Å². The minimum absolute atomic E-state index is 0.227. The van der Waals surface area contributed by atoms with Gasteiger partial charge in [0, 0.05) is 38.0 Å². The second kappa shape index (κ2) is 6.73. The molecule has 0 aliphatic carbocycles. The maximum absolute atomic E-state index is 12.6. The molecule has 0 radical (unpaired) electrons. The van der Waals surface area contributed by atoms with Crippen LogP contribution in [0.25, 0.3) is 10.6 Å². The predicted octanol–water partition coefficient (Wildman–Crippen LogP) is 3.97. The highest BCUT2D eigenvalue weighted by Gasteiger charge is 2.40. The standard InChI is InChI=1S/C19H23NO3S/c21-18(20-10-2-8-19(13-20)9-11-22-14-19)7-5-15-4-6-16(23-15)17-3-1-12-24-17/h1,3-4,6,12H,2,5,7-11,13-14H2/t19-/m1/s1. The van der Waals surface area contributed by atoms with Crippen molar-refractivity contribution in [2.24, 2.45) is 5.41 Å². The van der Waals surface area contributed by atoms with Gasteiger partial charge in [-0.2, -0.15) is 0 Å². The first-order valence-corrected chi connectivity index (χ1v) is 9.60. The average Bonchev–Trinajstić information content (AvgIpc) is 3.34. The molecule has 2 aliphatic heterocycles. The van der Waals surface area contributed by atoms with E-state index in [2.05, 4.69) is 6.07 Å². The third kappa shape index (κ3) is 3.28. The number of amides is 1. The van der Waals surface area contributed by atoms with Gasteiger partial charge in [-0.1, -0.05) is 6.07 Å². The maximum atomic E-state index is 12.6. The summed E-state index contributed by atoms with van der Waals surface area (Å²) in [6.45, 7) is 3.42. The highest BCUT2D eigenvalue weighted by Crippen LogP contribution is 2.37. The quantitative estimate of drug-likeness (QED) is 0.842. The Labute approximate surface area is 146 Å². The number of hydrogen-bond acceptors (Lipinski definition) is 4. The van der Waals surface area contributed by atoms with Crippen LogP contribution in [0.15, 0.2) is 34.1 Å². The van der Waals surface area contributed by atoms with Crippen molar-refractivity contribution < 1.29 is 13.9 Å². The van der Waals surface area contributed by atoms with Crippen LogP contribution in [-0.2, 0) is 16.0 Å². The van der Waals surface area contributed by atoms with Crippen LogP contribution in [-0.4, -0.2) is 37.1 Å². The first-order chi connectivity index (χ1) is 11.7. The monoisotopic (exact) mass is 345 g/mol. The molecule has 4 heterocycles. The fraction of sp³-hybridized carbons (Fsp3) is 0.526. The van der Waals surface area contributed by atoms with Crippen molar-refractivity contribution in [3.8, 4) is 10.6 Å². The van der Waals surface area contributed by atoms with Crippen molar-refractivity contribution in [1.82, 2.24) is 4.90 Å². The molecule has 0 saturated carbocycles. The smallest absolute Gasteiger partial charge is 0.223 e. The number of carbonyl (C=O) groups excluding carboxylic acids is 1. The van der Waals surface area contributed by atoms with Gasteiger partial charge < -0.3 is 14.1 Å². The van der Waals surface area contributed by atoms with E-state index in [1.165, 1.54) is 6.42 Å². The Bertz CT molecular complexity index is 685. The molecule has 4 nitrogen and oxygen atoms in total. The van der Waals surface area contributed by atoms with Crippen LogP contribution >= 0.6 is 11.3 Å². The topological polar surface area (TPSA) is 42.7 Å². The van der Waals surface area contributed by atoms with Crippen LogP contribution in [0, 0.1) is 5.41 Å². The molecule has 2 fully saturated rings. The number of rotatable bonds is 4. The Morgan fingerprint density at radius 2 is 2.25 bits per heavy atom. The summed E-state index contributed by atoms with van der Waals surface area (Å²) in [5.41, 5.74) is 0.227. The molecule has 128 valence electrons. The van der Waals surface area contributed by atoms with Crippen molar-refractivity contribution in [1.29, 1.82) is 0 Å². The molecule has 24 heavy (non-hydrogen) atoms. The van der Waals surface area contributed by atoms with E-state index in [1.54, 1.807) is 11.3 Å². The van der Waals surface area contributed by atoms with Crippen molar-refractivity contribution in [2.75, 3.05) is 26.3 Å². The fourth-order valence-corrected chi connectivity index (χ4v) is 4.53. The van der Waals surface area contributed by atoms with Crippen molar-refractivity contribution in [3.05, 3.63) is 35.4 Å². The molecule has 5 heteroatoms. The molecule has 0 aromatic carbocycles. The van der Waals surface area contributed by atoms with Gasteiger partial charge in [-0.15, -0.1) is 11.3 Å². The van der Waals surface area contributed by atoms with Gasteiger partial charge >= 0.3 is 0 Å². The summed E-state index contributed by atoms with van der Waals surface area (Å²) >= 11 is 1.67. The maximum Gasteiger partial charge on any atom is 0.223 e. The van der Waals surface area contributed by atoms with Gasteiger partial charge in [-0.05, 0) is 42.8 Å². The second-order valence-electron chi connectivity index (χ2n) is 6.96. The normalized spacial score (nSPS) is 23.9. The van der Waals surface area contributed by atoms with Gasteiger partial charge in [-0.3, -0.25) is 4.79 Å². The van der Waals surface area contributed by atoms with E-state index in [0.29, 0.717) is 12.8 Å². The average molecular weight is 345 g/mol. The lowest BCUT2D eigenvalue weighted by molar-refractivity contribution is -0.134. The van der Waals surface area contributed by atoms with Crippen LogP contribution in [0.4, 0.5) is 0 Å². The summed E-state index contributed by atoms with van der Waals surface area (Å²) in [5, 5.41) is 2.04. The molecular weight excluding hydrogens is 322 g/mol. The molecule has 4 rings (SSSR count). The number of aryl methyl sites for hydroxylation is 1. The SMILES string of the molecule is O=C(CCc1ccc(-c2cccs2)o1)N1CCC[C@@]2(CCOC2)C1. The zero-order chi connectivity index (χ0) is 16.4. The number of furan rings is 1. The Balaban J connectivity index is 1.33. The number of nitrogens with zero attached hydrogens (tertiary/aromatic N) is 1. The van der Waals surface area contributed by atoms with E-state index >= 15 is 0 Å². The van der Waals surface area contributed by atoms with E-state index < -0.39 is 0 Å². The van der Waals surface area contributed by atoms with Gasteiger partial charge in [0.2, 0.25) is 5.91 Å². The van der Waals surface area contributed by atoms with Crippen LogP contribution in [0.3, 0.4) is 0 Å². The van der Waals surface area contributed by atoms with E-state index in [4.69, 9.17) is 9.15 Å². The second-order valence-corrected chi connectivity index (χ2v) is 7.91. The molecule has 0 bridgehead atoms. The van der Waals surface area contributed by atoms with E-state index in [-0.39, 0.29) is 11.3 Å². The number of ether oxygens (including phenoxy) is 1. The predicted molar refractivity (Wildman–Crippen MR) is 94.0 cm³/mol. The molecule has 2 aliphatic rings. The number of likely N-dealkylation sites (tertiary alicyclic amines) is 1. The summed E-state index contributed by atoms with van der Waals surface area (Å²) in [5.74, 6) is 2.03. The Kier molecular flexibility index (Phi) is 4.46. The highest BCUT2D eigenvalue weighted by molar-refractivity contribution is 7.13. The molecule has 1 amide bonds. The summed E-state index contributed by atoms with van der Waals surface area (Å²) in [7, 11) is 0. The highest BCUT2D eigenvalue weighted by atomic mass is 32.1. The van der Waals surface area contributed by atoms with Gasteiger partial charge in [0.15, 0.2) is 0 Å². The van der Waals surface area contributed by atoms with Crippen LogP contribution in [0.2, 0.25) is 0 Å². The molecule has 0 N–H and O–H groups in total. The lowest BCUT2D eigenvalue weighted by Gasteiger charge is -2.39. The van der Waals surface area contributed by atoms with Crippen LogP contribution < -0.4 is 0 Å². The van der Waals surface area contributed by atoms with Gasteiger partial charge in [-0.25, -0.2) is 0 Å². The first-order valence-electron chi connectivity index (χ1n) is 8.72. The molecule has 2 aromatic heterocycles.